The summed E-state index contributed by atoms with van der Waals surface area (Å²) >= 11 is 1.55. The molecule has 2 N–H and O–H groups in total. The molecule has 1 atom stereocenters. The molecule has 3 rings (SSSR count). The van der Waals surface area contributed by atoms with Crippen LogP contribution >= 0.6 is 11.3 Å². The predicted octanol–water partition coefficient (Wildman–Crippen LogP) is 4.37. The number of carboxylic acid groups (broad SMARTS) is 1. The van der Waals surface area contributed by atoms with Crippen LogP contribution < -0.4 is 14.2 Å². The first-order valence-corrected chi connectivity index (χ1v) is 11.1. The van der Waals surface area contributed by atoms with Gasteiger partial charge in [-0.2, -0.15) is 0 Å². The number of hydrogen-bond donors (Lipinski definition) is 2. The highest BCUT2D eigenvalue weighted by Crippen LogP contribution is 2.30. The molecule has 0 saturated heterocycles. The Balaban J connectivity index is 1.66. The number of anilines is 1. The van der Waals surface area contributed by atoms with E-state index in [2.05, 4.69) is 9.71 Å². The molecule has 7 nitrogen and oxygen atoms in total. The van der Waals surface area contributed by atoms with Crippen LogP contribution in [0.1, 0.15) is 17.8 Å². The lowest BCUT2D eigenvalue weighted by Crippen LogP contribution is -2.06. The fourth-order valence-corrected chi connectivity index (χ4v) is 4.68. The molecule has 1 unspecified atom stereocenters. The van der Waals surface area contributed by atoms with Crippen molar-refractivity contribution >= 4 is 34.0 Å². The molecule has 158 valence electrons. The summed E-state index contributed by atoms with van der Waals surface area (Å²) in [7, 11) is 1.59. The minimum atomic E-state index is -1.50. The predicted molar refractivity (Wildman–Crippen MR) is 118 cm³/mol. The van der Waals surface area contributed by atoms with Gasteiger partial charge in [0, 0.05) is 24.4 Å². The van der Waals surface area contributed by atoms with Gasteiger partial charge < -0.3 is 19.3 Å². The number of ether oxygens (including phenoxy) is 2. The summed E-state index contributed by atoms with van der Waals surface area (Å²) in [6.45, 7) is 0. The Kier molecular flexibility index (Phi) is 7.42. The molecular weight excluding hydrogens is 424 g/mol. The standard InChI is InChI=1S/C21H22N2O5S2/c1-27-16-10-11-19(17(12-16)28-2)30(26)23-15-8-6-14(7-9-15)18-13-22-20(29-18)4-3-5-21(24)25/h6-13,23H,3-5H2,1-2H3,(H,24,25). The van der Waals surface area contributed by atoms with E-state index in [1.807, 2.05) is 24.3 Å². The average molecular weight is 447 g/mol. The van der Waals surface area contributed by atoms with Gasteiger partial charge in [-0.05, 0) is 42.7 Å². The monoisotopic (exact) mass is 446 g/mol. The van der Waals surface area contributed by atoms with Crippen LogP contribution in [0.3, 0.4) is 0 Å². The third-order valence-corrected chi connectivity index (χ3v) is 6.55. The van der Waals surface area contributed by atoms with Crippen LogP contribution in [0.4, 0.5) is 5.69 Å². The molecule has 0 bridgehead atoms. The van der Waals surface area contributed by atoms with Gasteiger partial charge in [0.2, 0.25) is 0 Å². The number of nitrogens with one attached hydrogen (secondary N) is 1. The van der Waals surface area contributed by atoms with Crippen LogP contribution in [0.2, 0.25) is 0 Å². The number of hydrogen-bond acceptors (Lipinski definition) is 6. The van der Waals surface area contributed by atoms with Crippen molar-refractivity contribution in [1.29, 1.82) is 0 Å². The van der Waals surface area contributed by atoms with Crippen molar-refractivity contribution in [2.24, 2.45) is 0 Å². The first-order valence-electron chi connectivity index (χ1n) is 9.17. The quantitative estimate of drug-likeness (QED) is 0.480. The number of aryl methyl sites for hydroxylation is 1. The normalized spacial score (nSPS) is 11.7. The zero-order valence-corrected chi connectivity index (χ0v) is 18.2. The lowest BCUT2D eigenvalue weighted by atomic mass is 10.2. The maximum absolute atomic E-state index is 12.7. The number of benzene rings is 2. The van der Waals surface area contributed by atoms with Gasteiger partial charge in [-0.1, -0.05) is 12.1 Å². The number of thiazole rings is 1. The summed E-state index contributed by atoms with van der Waals surface area (Å²) in [5, 5.41) is 9.65. The van der Waals surface area contributed by atoms with Crippen molar-refractivity contribution < 1.29 is 23.6 Å². The molecule has 3 aromatic rings. The topological polar surface area (TPSA) is 97.8 Å². The molecular formula is C21H22N2O5S2. The van der Waals surface area contributed by atoms with Gasteiger partial charge in [0.15, 0.2) is 11.0 Å². The Hall–Kier alpha value is -2.91. The maximum atomic E-state index is 12.7. The van der Waals surface area contributed by atoms with E-state index in [-0.39, 0.29) is 6.42 Å². The van der Waals surface area contributed by atoms with Gasteiger partial charge in [-0.3, -0.25) is 4.79 Å². The van der Waals surface area contributed by atoms with Crippen LogP contribution in [-0.2, 0) is 22.2 Å². The SMILES string of the molecule is COc1ccc(S(=O)Nc2ccc(-c3cnc(CCCC(=O)O)s3)cc2)c(OC)c1. The second kappa shape index (κ2) is 10.2. The Bertz CT molecular complexity index is 1030. The molecule has 1 aromatic heterocycles. The number of carboxylic acids is 1. The highest BCUT2D eigenvalue weighted by atomic mass is 32.2. The number of aliphatic carboxylic acids is 1. The summed E-state index contributed by atoms with van der Waals surface area (Å²) in [4.78, 5) is 16.5. The molecule has 30 heavy (non-hydrogen) atoms. The van der Waals surface area contributed by atoms with Crippen molar-refractivity contribution in [3.63, 3.8) is 0 Å². The number of methoxy groups -OCH3 is 2. The lowest BCUT2D eigenvalue weighted by molar-refractivity contribution is -0.137. The highest BCUT2D eigenvalue weighted by Gasteiger charge is 2.13. The van der Waals surface area contributed by atoms with Gasteiger partial charge in [0.05, 0.1) is 24.1 Å². The summed E-state index contributed by atoms with van der Waals surface area (Å²) in [6.07, 6.45) is 3.17. The first-order chi connectivity index (χ1) is 14.5. The third-order valence-electron chi connectivity index (χ3n) is 4.29. The number of rotatable bonds is 10. The van der Waals surface area contributed by atoms with E-state index in [1.54, 1.807) is 42.8 Å². The smallest absolute Gasteiger partial charge is 0.303 e. The molecule has 0 fully saturated rings. The molecule has 0 aliphatic heterocycles. The molecule has 9 heteroatoms. The van der Waals surface area contributed by atoms with E-state index in [4.69, 9.17) is 14.6 Å². The van der Waals surface area contributed by atoms with E-state index in [0.717, 1.165) is 15.4 Å². The summed E-state index contributed by atoms with van der Waals surface area (Å²) < 4.78 is 26.2. The number of carbonyl (C=O) groups is 1. The fourth-order valence-electron chi connectivity index (χ4n) is 2.74. The third kappa shape index (κ3) is 5.58. The van der Waals surface area contributed by atoms with Gasteiger partial charge in [-0.25, -0.2) is 9.19 Å². The van der Waals surface area contributed by atoms with Crippen LogP contribution in [0.25, 0.3) is 10.4 Å². The van der Waals surface area contributed by atoms with Gasteiger partial charge >= 0.3 is 5.97 Å². The van der Waals surface area contributed by atoms with Crippen molar-refractivity contribution in [2.75, 3.05) is 18.9 Å². The van der Waals surface area contributed by atoms with Crippen LogP contribution in [-0.4, -0.2) is 34.5 Å². The van der Waals surface area contributed by atoms with Crippen molar-refractivity contribution in [3.8, 4) is 21.9 Å². The van der Waals surface area contributed by atoms with E-state index in [1.165, 1.54) is 7.11 Å². The fraction of sp³-hybridized carbons (Fsp3) is 0.238. The molecule has 0 saturated carbocycles. The Morgan fingerprint density at radius 1 is 1.17 bits per heavy atom. The second-order valence-corrected chi connectivity index (χ2v) is 8.63. The second-order valence-electron chi connectivity index (χ2n) is 6.33. The maximum Gasteiger partial charge on any atom is 0.303 e. The Morgan fingerprint density at radius 3 is 2.60 bits per heavy atom. The average Bonchev–Trinajstić information content (AvgIpc) is 3.22. The molecule has 0 spiro atoms. The van der Waals surface area contributed by atoms with E-state index >= 15 is 0 Å². The molecule has 0 radical (unpaired) electrons. The zero-order valence-electron chi connectivity index (χ0n) is 16.6. The zero-order chi connectivity index (χ0) is 21.5. The van der Waals surface area contributed by atoms with Crippen LogP contribution in [0.15, 0.2) is 53.6 Å². The van der Waals surface area contributed by atoms with Crippen LogP contribution in [0, 0.1) is 0 Å². The number of nitrogens with zero attached hydrogens (tertiary/aromatic N) is 1. The van der Waals surface area contributed by atoms with E-state index in [0.29, 0.717) is 34.9 Å². The molecule has 0 aliphatic rings. The van der Waals surface area contributed by atoms with Crippen molar-refractivity contribution in [2.45, 2.75) is 24.2 Å². The summed E-state index contributed by atoms with van der Waals surface area (Å²) in [5.74, 6) is 0.320. The van der Waals surface area contributed by atoms with Crippen molar-refractivity contribution in [3.05, 3.63) is 53.7 Å². The Morgan fingerprint density at radius 2 is 1.93 bits per heavy atom. The van der Waals surface area contributed by atoms with Gasteiger partial charge in [0.25, 0.3) is 0 Å². The van der Waals surface area contributed by atoms with Crippen molar-refractivity contribution in [1.82, 2.24) is 4.98 Å². The van der Waals surface area contributed by atoms with E-state index in [9.17, 15) is 9.00 Å². The largest absolute Gasteiger partial charge is 0.497 e. The van der Waals surface area contributed by atoms with E-state index < -0.39 is 17.0 Å². The summed E-state index contributed by atoms with van der Waals surface area (Å²) in [6, 6.07) is 12.7. The molecule has 1 heterocycles. The lowest BCUT2D eigenvalue weighted by Gasteiger charge is -2.11. The van der Waals surface area contributed by atoms with Crippen LogP contribution in [0.5, 0.6) is 11.5 Å². The number of aromatic nitrogens is 1. The minimum absolute atomic E-state index is 0.144. The molecule has 0 amide bonds. The summed E-state index contributed by atoms with van der Waals surface area (Å²) in [5.41, 5.74) is 1.71. The minimum Gasteiger partial charge on any atom is -0.497 e. The first kappa shape index (κ1) is 21.8. The Labute approximate surface area is 181 Å². The van der Waals surface area contributed by atoms with Gasteiger partial charge in [-0.15, -0.1) is 11.3 Å². The molecule has 0 aliphatic carbocycles. The highest BCUT2D eigenvalue weighted by molar-refractivity contribution is 7.86. The van der Waals surface area contributed by atoms with Gasteiger partial charge in [0.1, 0.15) is 16.4 Å². The molecule has 2 aromatic carbocycles.